The van der Waals surface area contributed by atoms with Gasteiger partial charge in [-0.1, -0.05) is 71.1 Å². The summed E-state index contributed by atoms with van der Waals surface area (Å²) >= 11 is 0. The van der Waals surface area contributed by atoms with E-state index in [1.165, 1.54) is 19.1 Å². The highest BCUT2D eigenvalue weighted by atomic mass is 32.2. The molecule has 0 unspecified atom stereocenters. The van der Waals surface area contributed by atoms with Gasteiger partial charge in [-0.15, -0.1) is 0 Å². The SMILES string of the molecule is CCCCCCCS(=O)(=O)CCCCCCCCC[C@](C)(O)C(=O)Nc1ccc(C#N)c(C(F)(F)F)c1. The van der Waals surface area contributed by atoms with Crippen LogP contribution in [-0.2, 0) is 20.8 Å². The monoisotopic (exact) mass is 546 g/mol. The molecule has 37 heavy (non-hydrogen) atoms. The van der Waals surface area contributed by atoms with Gasteiger partial charge in [-0.3, -0.25) is 4.79 Å². The zero-order chi connectivity index (χ0) is 28.0. The van der Waals surface area contributed by atoms with Crippen LogP contribution in [0.4, 0.5) is 18.9 Å². The van der Waals surface area contributed by atoms with Crippen molar-refractivity contribution in [1.29, 1.82) is 5.26 Å². The molecule has 0 spiro atoms. The Morgan fingerprint density at radius 2 is 1.46 bits per heavy atom. The van der Waals surface area contributed by atoms with Crippen molar-refractivity contribution in [2.75, 3.05) is 16.8 Å². The van der Waals surface area contributed by atoms with Gasteiger partial charge >= 0.3 is 6.18 Å². The highest BCUT2D eigenvalue weighted by Gasteiger charge is 2.35. The molecule has 1 rings (SSSR count). The number of nitriles is 1. The molecule has 0 bridgehead atoms. The summed E-state index contributed by atoms with van der Waals surface area (Å²) < 4.78 is 63.5. The molecule has 6 nitrogen and oxygen atoms in total. The first-order chi connectivity index (χ1) is 17.3. The molecule has 1 aromatic rings. The van der Waals surface area contributed by atoms with Crippen molar-refractivity contribution in [1.82, 2.24) is 0 Å². The number of hydrogen-bond donors (Lipinski definition) is 2. The number of benzene rings is 1. The number of aliphatic hydroxyl groups is 1. The van der Waals surface area contributed by atoms with E-state index >= 15 is 0 Å². The maximum Gasteiger partial charge on any atom is 0.417 e. The van der Waals surface area contributed by atoms with Gasteiger partial charge < -0.3 is 10.4 Å². The Kier molecular flexibility index (Phi) is 14.2. The summed E-state index contributed by atoms with van der Waals surface area (Å²) in [5.74, 6) is -0.293. The number of halogens is 3. The summed E-state index contributed by atoms with van der Waals surface area (Å²) in [7, 11) is -2.97. The van der Waals surface area contributed by atoms with E-state index in [0.717, 1.165) is 70.3 Å². The fourth-order valence-corrected chi connectivity index (χ4v) is 5.53. The lowest BCUT2D eigenvalue weighted by Crippen LogP contribution is -2.40. The molecule has 1 aromatic carbocycles. The molecule has 0 heterocycles. The van der Waals surface area contributed by atoms with Gasteiger partial charge in [0.2, 0.25) is 0 Å². The van der Waals surface area contributed by atoms with Crippen LogP contribution in [0.3, 0.4) is 0 Å². The predicted octanol–water partition coefficient (Wildman–Crippen LogP) is 6.77. The van der Waals surface area contributed by atoms with Gasteiger partial charge in [0.15, 0.2) is 0 Å². The Labute approximate surface area is 219 Å². The average molecular weight is 547 g/mol. The third-order valence-corrected chi connectivity index (χ3v) is 8.19. The molecular formula is C27H41F3N2O4S. The van der Waals surface area contributed by atoms with Crippen molar-refractivity contribution in [3.05, 3.63) is 29.3 Å². The highest BCUT2D eigenvalue weighted by Crippen LogP contribution is 2.33. The second-order valence-electron chi connectivity index (χ2n) is 9.89. The zero-order valence-corrected chi connectivity index (χ0v) is 22.8. The zero-order valence-electron chi connectivity index (χ0n) is 22.0. The Bertz CT molecular complexity index is 986. The van der Waals surface area contributed by atoms with E-state index in [2.05, 4.69) is 12.2 Å². The summed E-state index contributed by atoms with van der Waals surface area (Å²) in [5, 5.41) is 21.7. The van der Waals surface area contributed by atoms with Gasteiger partial charge in [0.1, 0.15) is 15.4 Å². The molecule has 10 heteroatoms. The van der Waals surface area contributed by atoms with E-state index in [9.17, 15) is 31.5 Å². The molecule has 0 aliphatic heterocycles. The molecule has 2 N–H and O–H groups in total. The summed E-state index contributed by atoms with van der Waals surface area (Å²) in [5.41, 5.74) is -3.59. The van der Waals surface area contributed by atoms with Crippen LogP contribution >= 0.6 is 0 Å². The number of nitrogens with one attached hydrogen (secondary N) is 1. The first kappa shape index (κ1) is 32.9. The van der Waals surface area contributed by atoms with Gasteiger partial charge in [-0.05, 0) is 44.4 Å². The van der Waals surface area contributed by atoms with Gasteiger partial charge in [-0.25, -0.2) is 8.42 Å². The average Bonchev–Trinajstić information content (AvgIpc) is 2.82. The molecular weight excluding hydrogens is 505 g/mol. The van der Waals surface area contributed by atoms with E-state index in [4.69, 9.17) is 5.26 Å². The van der Waals surface area contributed by atoms with Crippen LogP contribution in [-0.4, -0.2) is 36.5 Å². The lowest BCUT2D eigenvalue weighted by Gasteiger charge is -2.22. The Balaban J connectivity index is 2.28. The Hall–Kier alpha value is -2.12. The van der Waals surface area contributed by atoms with Crippen LogP contribution in [0.2, 0.25) is 0 Å². The number of carbonyl (C=O) groups excluding carboxylic acids is 1. The molecule has 1 atom stereocenters. The molecule has 0 fully saturated rings. The smallest absolute Gasteiger partial charge is 0.380 e. The minimum absolute atomic E-state index is 0.143. The molecule has 0 saturated carbocycles. The predicted molar refractivity (Wildman–Crippen MR) is 140 cm³/mol. The number of nitrogens with zero attached hydrogens (tertiary/aromatic N) is 1. The van der Waals surface area contributed by atoms with Crippen LogP contribution in [0.25, 0.3) is 0 Å². The molecule has 210 valence electrons. The second kappa shape index (κ2) is 16.0. The number of anilines is 1. The minimum atomic E-state index is -4.74. The Morgan fingerprint density at radius 3 is 1.97 bits per heavy atom. The fourth-order valence-electron chi connectivity index (χ4n) is 4.04. The van der Waals surface area contributed by atoms with Crippen LogP contribution < -0.4 is 5.32 Å². The van der Waals surface area contributed by atoms with E-state index in [1.807, 2.05) is 0 Å². The largest absolute Gasteiger partial charge is 0.417 e. The minimum Gasteiger partial charge on any atom is -0.380 e. The van der Waals surface area contributed by atoms with Crippen molar-refractivity contribution in [3.63, 3.8) is 0 Å². The summed E-state index contributed by atoms with van der Waals surface area (Å²) in [6.07, 6.45) is 6.07. The number of unbranched alkanes of at least 4 members (excludes halogenated alkanes) is 10. The first-order valence-electron chi connectivity index (χ1n) is 13.2. The van der Waals surface area contributed by atoms with E-state index in [-0.39, 0.29) is 23.6 Å². The molecule has 1 amide bonds. The third-order valence-electron chi connectivity index (χ3n) is 6.37. The number of hydrogen-bond acceptors (Lipinski definition) is 5. The summed E-state index contributed by atoms with van der Waals surface area (Å²) in [6, 6.07) is 4.34. The molecule has 0 aliphatic carbocycles. The number of rotatable bonds is 18. The third kappa shape index (κ3) is 13.3. The van der Waals surface area contributed by atoms with Gasteiger partial charge in [-0.2, -0.15) is 18.4 Å². The number of amides is 1. The number of carbonyl (C=O) groups is 1. The van der Waals surface area contributed by atoms with Gasteiger partial charge in [0.25, 0.3) is 5.91 Å². The van der Waals surface area contributed by atoms with Crippen molar-refractivity contribution in [2.45, 2.75) is 109 Å². The van der Waals surface area contributed by atoms with Crippen molar-refractivity contribution in [3.8, 4) is 6.07 Å². The van der Waals surface area contributed by atoms with Crippen LogP contribution in [0, 0.1) is 11.3 Å². The quantitative estimate of drug-likeness (QED) is 0.198. The maximum absolute atomic E-state index is 13.1. The fraction of sp³-hybridized carbons (Fsp3) is 0.704. The van der Waals surface area contributed by atoms with Crippen LogP contribution in [0.5, 0.6) is 0 Å². The second-order valence-corrected chi connectivity index (χ2v) is 12.2. The van der Waals surface area contributed by atoms with Crippen LogP contribution in [0.15, 0.2) is 18.2 Å². The topological polar surface area (TPSA) is 107 Å². The number of alkyl halides is 3. The molecule has 0 radical (unpaired) electrons. The van der Waals surface area contributed by atoms with Gasteiger partial charge in [0.05, 0.1) is 28.7 Å². The van der Waals surface area contributed by atoms with Crippen molar-refractivity contribution >= 4 is 21.4 Å². The molecule has 0 aromatic heterocycles. The first-order valence-corrected chi connectivity index (χ1v) is 15.0. The van der Waals surface area contributed by atoms with Crippen molar-refractivity contribution < 1.29 is 31.5 Å². The molecule has 0 aliphatic rings. The summed E-state index contributed by atoms with van der Waals surface area (Å²) in [4.78, 5) is 12.4. The maximum atomic E-state index is 13.1. The lowest BCUT2D eigenvalue weighted by atomic mass is 9.96. The normalized spacial score (nSPS) is 13.6. The summed E-state index contributed by atoms with van der Waals surface area (Å²) in [6.45, 7) is 3.45. The lowest BCUT2D eigenvalue weighted by molar-refractivity contribution is -0.138. The molecule has 0 saturated heterocycles. The Morgan fingerprint density at radius 1 is 0.946 bits per heavy atom. The van der Waals surface area contributed by atoms with E-state index < -0.39 is 38.6 Å². The van der Waals surface area contributed by atoms with E-state index in [1.54, 1.807) is 0 Å². The standard InChI is InChI=1S/C27H41F3N2O4S/c1-3-4-5-10-13-18-37(35,36)19-14-11-8-6-7-9-12-17-26(2,34)25(33)32-23-16-15-22(21-31)24(20-23)27(28,29)30/h15-16,20,34H,3-14,17-19H2,1-2H3,(H,32,33)/t26-/m0/s1. The van der Waals surface area contributed by atoms with Crippen molar-refractivity contribution in [2.24, 2.45) is 0 Å². The van der Waals surface area contributed by atoms with E-state index in [0.29, 0.717) is 18.9 Å². The van der Waals surface area contributed by atoms with Gasteiger partial charge in [0, 0.05) is 5.69 Å². The highest BCUT2D eigenvalue weighted by molar-refractivity contribution is 7.91. The number of sulfone groups is 1. The van der Waals surface area contributed by atoms with Crippen LogP contribution in [0.1, 0.15) is 108 Å².